The van der Waals surface area contributed by atoms with Crippen molar-refractivity contribution in [2.24, 2.45) is 0 Å². The number of furan rings is 1. The van der Waals surface area contributed by atoms with Gasteiger partial charge in [0.1, 0.15) is 0 Å². The van der Waals surface area contributed by atoms with E-state index in [0.717, 1.165) is 16.7 Å². The summed E-state index contributed by atoms with van der Waals surface area (Å²) in [6.45, 7) is 1.46. The summed E-state index contributed by atoms with van der Waals surface area (Å²) in [6, 6.07) is 24.6. The zero-order valence-corrected chi connectivity index (χ0v) is 18.1. The Morgan fingerprint density at radius 1 is 0.812 bits per heavy atom. The average molecular weight is 447 g/mol. The first-order valence-corrected chi connectivity index (χ1v) is 10.9. The number of benzene rings is 2. The molecule has 4 aromatic rings. The van der Waals surface area contributed by atoms with E-state index in [2.05, 4.69) is 10.6 Å². The second-order valence-electron chi connectivity index (χ2n) is 7.08. The van der Waals surface area contributed by atoms with Gasteiger partial charge in [-0.1, -0.05) is 54.6 Å². The molecule has 0 saturated heterocycles. The Balaban J connectivity index is 1.26. The smallest absolute Gasteiger partial charge is 0.291 e. The van der Waals surface area contributed by atoms with E-state index in [1.54, 1.807) is 24.3 Å². The van der Waals surface area contributed by atoms with Crippen molar-refractivity contribution >= 4 is 28.2 Å². The molecule has 2 heterocycles. The third-order valence-electron chi connectivity index (χ3n) is 4.64. The minimum Gasteiger partial charge on any atom is -0.459 e. The van der Waals surface area contributed by atoms with Crippen molar-refractivity contribution in [3.63, 3.8) is 0 Å². The summed E-state index contributed by atoms with van der Waals surface area (Å²) in [5.74, 6) is -0.327. The molecular weight excluding hydrogens is 424 g/mol. The molecule has 4 rings (SSSR count). The number of hydrogen-bond acceptors (Lipinski definition) is 5. The van der Waals surface area contributed by atoms with Gasteiger partial charge in [-0.05, 0) is 41.0 Å². The molecule has 2 amide bonds. The number of carbonyl (C=O) groups excluding carboxylic acids is 2. The minimum atomic E-state index is -0.352. The predicted octanol–water partition coefficient (Wildman–Crippen LogP) is 5.24. The van der Waals surface area contributed by atoms with Gasteiger partial charge in [0.05, 0.1) is 29.4 Å². The highest BCUT2D eigenvalue weighted by molar-refractivity contribution is 7.18. The first-order valence-electron chi connectivity index (χ1n) is 10.1. The fourth-order valence-corrected chi connectivity index (χ4v) is 3.89. The lowest BCUT2D eigenvalue weighted by molar-refractivity contribution is 0.0953. The van der Waals surface area contributed by atoms with Crippen molar-refractivity contribution in [3.05, 3.63) is 112 Å². The first-order chi connectivity index (χ1) is 15.7. The molecule has 0 fully saturated rings. The first kappa shape index (κ1) is 21.5. The third kappa shape index (κ3) is 5.94. The van der Waals surface area contributed by atoms with Crippen LogP contribution in [0.25, 0.3) is 0 Å². The number of amides is 2. The molecule has 2 aromatic heterocycles. The summed E-state index contributed by atoms with van der Waals surface area (Å²) in [7, 11) is 0. The number of rotatable bonds is 9. The summed E-state index contributed by atoms with van der Waals surface area (Å²) in [6.07, 6.45) is 1.44. The molecule has 6 nitrogen and oxygen atoms in total. The second-order valence-corrected chi connectivity index (χ2v) is 8.16. The quantitative estimate of drug-likeness (QED) is 0.368. The summed E-state index contributed by atoms with van der Waals surface area (Å²) in [4.78, 5) is 25.1. The number of ether oxygens (including phenoxy) is 1. The molecule has 0 bridgehead atoms. The number of thiophene rings is 1. The van der Waals surface area contributed by atoms with E-state index in [9.17, 15) is 9.59 Å². The Bertz CT molecular complexity index is 1170. The predicted molar refractivity (Wildman–Crippen MR) is 124 cm³/mol. The van der Waals surface area contributed by atoms with Crippen molar-refractivity contribution in [2.75, 3.05) is 5.32 Å². The van der Waals surface area contributed by atoms with Crippen LogP contribution in [0.4, 0.5) is 5.00 Å². The van der Waals surface area contributed by atoms with Gasteiger partial charge in [-0.15, -0.1) is 11.3 Å². The average Bonchev–Trinajstić information content (AvgIpc) is 3.51. The third-order valence-corrected chi connectivity index (χ3v) is 5.64. The van der Waals surface area contributed by atoms with Crippen molar-refractivity contribution in [3.8, 4) is 0 Å². The highest BCUT2D eigenvalue weighted by atomic mass is 32.1. The van der Waals surface area contributed by atoms with Crippen molar-refractivity contribution in [1.29, 1.82) is 0 Å². The Morgan fingerprint density at radius 3 is 2.41 bits per heavy atom. The molecule has 0 radical (unpaired) electrons. The standard InChI is InChI=1S/C25H22N2O4S/c28-24(21-10-5-13-31-21)27-23-12-11-22(32-23)25(29)26-15-19-8-4-9-20(14-19)17-30-16-18-6-2-1-3-7-18/h1-14H,15-17H2,(H,26,29)(H,27,28). The second kappa shape index (κ2) is 10.6. The maximum absolute atomic E-state index is 12.5. The maximum atomic E-state index is 12.5. The van der Waals surface area contributed by atoms with E-state index in [-0.39, 0.29) is 17.6 Å². The minimum absolute atomic E-state index is 0.195. The number of carbonyl (C=O) groups is 2. The van der Waals surface area contributed by atoms with Crippen molar-refractivity contribution in [2.45, 2.75) is 19.8 Å². The summed E-state index contributed by atoms with van der Waals surface area (Å²) >= 11 is 1.21. The van der Waals surface area contributed by atoms with Crippen LogP contribution >= 0.6 is 11.3 Å². The number of nitrogens with one attached hydrogen (secondary N) is 2. The highest BCUT2D eigenvalue weighted by Crippen LogP contribution is 2.22. The van der Waals surface area contributed by atoms with Gasteiger partial charge in [-0.3, -0.25) is 9.59 Å². The van der Waals surface area contributed by atoms with Gasteiger partial charge in [0.15, 0.2) is 5.76 Å². The van der Waals surface area contributed by atoms with Gasteiger partial charge in [-0.25, -0.2) is 0 Å². The molecular formula is C25H22N2O4S. The molecule has 0 unspecified atom stereocenters. The Kier molecular flexibility index (Phi) is 7.12. The molecule has 7 heteroatoms. The highest BCUT2D eigenvalue weighted by Gasteiger charge is 2.13. The topological polar surface area (TPSA) is 80.6 Å². The molecule has 0 aliphatic rings. The van der Waals surface area contributed by atoms with Crippen LogP contribution in [0.2, 0.25) is 0 Å². The Labute approximate surface area is 189 Å². The van der Waals surface area contributed by atoms with Crippen molar-refractivity contribution < 1.29 is 18.7 Å². The van der Waals surface area contributed by atoms with Gasteiger partial charge in [0.2, 0.25) is 0 Å². The number of hydrogen-bond donors (Lipinski definition) is 2. The fraction of sp³-hybridized carbons (Fsp3) is 0.120. The van der Waals surface area contributed by atoms with Crippen LogP contribution in [-0.4, -0.2) is 11.8 Å². The van der Waals surface area contributed by atoms with E-state index in [0.29, 0.717) is 29.6 Å². The van der Waals surface area contributed by atoms with Crippen LogP contribution in [0.3, 0.4) is 0 Å². The van der Waals surface area contributed by atoms with E-state index < -0.39 is 0 Å². The van der Waals surface area contributed by atoms with E-state index in [4.69, 9.17) is 9.15 Å². The van der Waals surface area contributed by atoms with Crippen LogP contribution in [0.15, 0.2) is 89.5 Å². The van der Waals surface area contributed by atoms with E-state index in [1.807, 2.05) is 54.6 Å². The van der Waals surface area contributed by atoms with Gasteiger partial charge < -0.3 is 19.8 Å². The number of anilines is 1. The normalized spacial score (nSPS) is 10.6. The van der Waals surface area contributed by atoms with Crippen LogP contribution in [0.1, 0.15) is 36.9 Å². The molecule has 2 N–H and O–H groups in total. The monoisotopic (exact) mass is 446 g/mol. The molecule has 0 spiro atoms. The van der Waals surface area contributed by atoms with Crippen molar-refractivity contribution in [1.82, 2.24) is 5.32 Å². The van der Waals surface area contributed by atoms with Crippen LogP contribution in [0.5, 0.6) is 0 Å². The molecule has 0 aliphatic heterocycles. The Morgan fingerprint density at radius 2 is 1.59 bits per heavy atom. The maximum Gasteiger partial charge on any atom is 0.291 e. The fourth-order valence-electron chi connectivity index (χ4n) is 3.07. The summed E-state index contributed by atoms with van der Waals surface area (Å²) in [5.41, 5.74) is 3.17. The van der Waals surface area contributed by atoms with Crippen LogP contribution in [0, 0.1) is 0 Å². The molecule has 2 aromatic carbocycles. The van der Waals surface area contributed by atoms with Gasteiger partial charge in [-0.2, -0.15) is 0 Å². The molecule has 0 saturated carbocycles. The van der Waals surface area contributed by atoms with Crippen LogP contribution in [-0.2, 0) is 24.5 Å². The zero-order valence-electron chi connectivity index (χ0n) is 17.2. The molecule has 0 aliphatic carbocycles. The molecule has 162 valence electrons. The SMILES string of the molecule is O=C(Nc1ccc(C(=O)NCc2cccc(COCc3ccccc3)c2)s1)c1ccco1. The van der Waals surface area contributed by atoms with E-state index in [1.165, 1.54) is 17.6 Å². The van der Waals surface area contributed by atoms with Gasteiger partial charge >= 0.3 is 0 Å². The zero-order chi connectivity index (χ0) is 22.2. The summed E-state index contributed by atoms with van der Waals surface area (Å²) in [5, 5.41) is 6.22. The van der Waals surface area contributed by atoms with E-state index >= 15 is 0 Å². The summed E-state index contributed by atoms with van der Waals surface area (Å²) < 4.78 is 10.9. The van der Waals surface area contributed by atoms with Crippen LogP contribution < -0.4 is 10.6 Å². The lowest BCUT2D eigenvalue weighted by atomic mass is 10.1. The van der Waals surface area contributed by atoms with Gasteiger partial charge in [0, 0.05) is 6.54 Å². The Hall–Kier alpha value is -3.68. The lowest BCUT2D eigenvalue weighted by Crippen LogP contribution is -2.21. The molecule has 0 atom stereocenters. The lowest BCUT2D eigenvalue weighted by Gasteiger charge is -2.08. The largest absolute Gasteiger partial charge is 0.459 e. The molecule has 32 heavy (non-hydrogen) atoms. The van der Waals surface area contributed by atoms with Gasteiger partial charge in [0.25, 0.3) is 11.8 Å².